The van der Waals surface area contributed by atoms with Crippen molar-refractivity contribution in [1.82, 2.24) is 15.1 Å². The molecule has 3 amide bonds. The monoisotopic (exact) mass is 518 g/mol. The summed E-state index contributed by atoms with van der Waals surface area (Å²) in [7, 11) is 3.40. The van der Waals surface area contributed by atoms with Gasteiger partial charge >= 0.3 is 0 Å². The standard InChI is InChI=1S/C29H34N4O5/c1-37-24-4-3-5-25(38-2)22(24)16-31-12-10-29(11-13-31)17-32(18-29)20-7-6-19-15-33(28(36)21(19)14-20)23-8-9-26(34)30-27(23)35/h3-7,14,23H,8-13,15-18H2,1-2H3,(H,30,34,35). The molecule has 4 aliphatic heterocycles. The lowest BCUT2D eigenvalue weighted by Gasteiger charge is -2.55. The molecule has 0 saturated carbocycles. The number of likely N-dealkylation sites (tertiary alicyclic amines) is 1. The number of anilines is 1. The summed E-state index contributed by atoms with van der Waals surface area (Å²) < 4.78 is 11.2. The van der Waals surface area contributed by atoms with E-state index < -0.39 is 6.04 Å². The molecule has 38 heavy (non-hydrogen) atoms. The Morgan fingerprint density at radius 2 is 1.71 bits per heavy atom. The van der Waals surface area contributed by atoms with Gasteiger partial charge in [-0.1, -0.05) is 12.1 Å². The Labute approximate surface area is 222 Å². The van der Waals surface area contributed by atoms with Gasteiger partial charge in [-0.15, -0.1) is 0 Å². The molecule has 1 N–H and O–H groups in total. The maximum atomic E-state index is 13.2. The second-order valence-corrected chi connectivity index (χ2v) is 11.0. The highest BCUT2D eigenvalue weighted by molar-refractivity contribution is 6.05. The molecular weight excluding hydrogens is 484 g/mol. The number of ether oxygens (including phenoxy) is 2. The third-order valence-electron chi connectivity index (χ3n) is 8.76. The van der Waals surface area contributed by atoms with Crippen LogP contribution in [0.25, 0.3) is 0 Å². The van der Waals surface area contributed by atoms with E-state index in [1.165, 1.54) is 0 Å². The number of hydrogen-bond acceptors (Lipinski definition) is 7. The number of hydrogen-bond donors (Lipinski definition) is 1. The first kappa shape index (κ1) is 24.7. The van der Waals surface area contributed by atoms with E-state index in [1.807, 2.05) is 30.3 Å². The van der Waals surface area contributed by atoms with Gasteiger partial charge < -0.3 is 19.3 Å². The zero-order chi connectivity index (χ0) is 26.4. The maximum Gasteiger partial charge on any atom is 0.255 e. The zero-order valence-electron chi connectivity index (χ0n) is 22.0. The van der Waals surface area contributed by atoms with Gasteiger partial charge in [0.2, 0.25) is 11.8 Å². The molecule has 4 aliphatic rings. The van der Waals surface area contributed by atoms with Gasteiger partial charge in [-0.25, -0.2) is 0 Å². The summed E-state index contributed by atoms with van der Waals surface area (Å²) in [6.07, 6.45) is 2.91. The van der Waals surface area contributed by atoms with Crippen molar-refractivity contribution in [3.05, 3.63) is 53.1 Å². The lowest BCUT2D eigenvalue weighted by Crippen LogP contribution is -2.60. The normalized spacial score (nSPS) is 22.8. The van der Waals surface area contributed by atoms with Crippen LogP contribution in [0.1, 0.15) is 47.2 Å². The summed E-state index contributed by atoms with van der Waals surface area (Å²) >= 11 is 0. The second-order valence-electron chi connectivity index (χ2n) is 11.0. The average Bonchev–Trinajstić information content (AvgIpc) is 3.23. The minimum atomic E-state index is -0.579. The van der Waals surface area contributed by atoms with Crippen LogP contribution in [0.3, 0.4) is 0 Å². The van der Waals surface area contributed by atoms with Gasteiger partial charge in [0.05, 0.1) is 19.8 Å². The molecule has 0 bridgehead atoms. The van der Waals surface area contributed by atoms with Gasteiger partial charge in [0.25, 0.3) is 5.91 Å². The molecule has 1 spiro atoms. The zero-order valence-corrected chi connectivity index (χ0v) is 22.0. The number of piperidine rings is 2. The van der Waals surface area contributed by atoms with Crippen molar-refractivity contribution in [3.63, 3.8) is 0 Å². The smallest absolute Gasteiger partial charge is 0.255 e. The Morgan fingerprint density at radius 1 is 1.00 bits per heavy atom. The third-order valence-corrected chi connectivity index (χ3v) is 8.76. The molecule has 0 radical (unpaired) electrons. The van der Waals surface area contributed by atoms with Crippen LogP contribution in [-0.4, -0.2) is 74.0 Å². The number of methoxy groups -OCH3 is 2. The molecular formula is C29H34N4O5. The molecule has 1 atom stereocenters. The predicted molar refractivity (Wildman–Crippen MR) is 141 cm³/mol. The van der Waals surface area contributed by atoms with E-state index in [0.29, 0.717) is 23.9 Å². The van der Waals surface area contributed by atoms with E-state index in [-0.39, 0.29) is 24.1 Å². The largest absolute Gasteiger partial charge is 0.496 e. The van der Waals surface area contributed by atoms with Gasteiger partial charge in [-0.3, -0.25) is 24.6 Å². The molecule has 4 heterocycles. The van der Waals surface area contributed by atoms with Crippen molar-refractivity contribution in [1.29, 1.82) is 0 Å². The topological polar surface area (TPSA) is 91.4 Å². The van der Waals surface area contributed by atoms with E-state index >= 15 is 0 Å². The van der Waals surface area contributed by atoms with Crippen LogP contribution in [0.15, 0.2) is 36.4 Å². The Hall–Kier alpha value is -3.59. The van der Waals surface area contributed by atoms with Crippen LogP contribution < -0.4 is 19.7 Å². The molecule has 2 aromatic rings. The van der Waals surface area contributed by atoms with Crippen LogP contribution in [0.5, 0.6) is 11.5 Å². The predicted octanol–water partition coefficient (Wildman–Crippen LogP) is 2.57. The number of carbonyl (C=O) groups excluding carboxylic acids is 3. The summed E-state index contributed by atoms with van der Waals surface area (Å²) in [6.45, 7) is 5.25. The van der Waals surface area contributed by atoms with Gasteiger partial charge in [-0.05, 0) is 62.2 Å². The lowest BCUT2D eigenvalue weighted by atomic mass is 9.71. The summed E-state index contributed by atoms with van der Waals surface area (Å²) in [5.41, 5.74) is 4.09. The van der Waals surface area contributed by atoms with E-state index in [0.717, 1.165) is 73.9 Å². The third kappa shape index (κ3) is 4.28. The van der Waals surface area contributed by atoms with Gasteiger partial charge in [-0.2, -0.15) is 0 Å². The van der Waals surface area contributed by atoms with Gasteiger partial charge in [0.15, 0.2) is 0 Å². The number of carbonyl (C=O) groups is 3. The average molecular weight is 519 g/mol. The molecule has 1 unspecified atom stereocenters. The van der Waals surface area contributed by atoms with Gasteiger partial charge in [0.1, 0.15) is 17.5 Å². The first-order chi connectivity index (χ1) is 18.4. The number of benzene rings is 2. The van der Waals surface area contributed by atoms with E-state index in [9.17, 15) is 14.4 Å². The van der Waals surface area contributed by atoms with Crippen LogP contribution in [0.2, 0.25) is 0 Å². The van der Waals surface area contributed by atoms with Crippen LogP contribution >= 0.6 is 0 Å². The van der Waals surface area contributed by atoms with Gasteiger partial charge in [0, 0.05) is 49.3 Å². The Kier molecular flexibility index (Phi) is 6.26. The van der Waals surface area contributed by atoms with Crippen molar-refractivity contribution >= 4 is 23.4 Å². The lowest BCUT2D eigenvalue weighted by molar-refractivity contribution is -0.136. The SMILES string of the molecule is COc1cccc(OC)c1CN1CCC2(CC1)CN(c1ccc3c(c1)C(=O)N(C1CCC(=O)NC1=O)C3)C2. The molecule has 0 aliphatic carbocycles. The van der Waals surface area contributed by atoms with Crippen LogP contribution in [-0.2, 0) is 22.7 Å². The number of nitrogens with one attached hydrogen (secondary N) is 1. The first-order valence-corrected chi connectivity index (χ1v) is 13.3. The van der Waals surface area contributed by atoms with Crippen LogP contribution in [0.4, 0.5) is 5.69 Å². The molecule has 9 nitrogen and oxygen atoms in total. The molecule has 0 aromatic heterocycles. The Bertz CT molecular complexity index is 1260. The molecule has 6 rings (SSSR count). The molecule has 3 fully saturated rings. The molecule has 2 aromatic carbocycles. The van der Waals surface area contributed by atoms with Crippen molar-refractivity contribution in [2.75, 3.05) is 45.3 Å². The summed E-state index contributed by atoms with van der Waals surface area (Å²) in [5.74, 6) is 0.966. The first-order valence-electron chi connectivity index (χ1n) is 13.3. The quantitative estimate of drug-likeness (QED) is 0.588. The Morgan fingerprint density at radius 3 is 2.37 bits per heavy atom. The fourth-order valence-electron chi connectivity index (χ4n) is 6.49. The maximum absolute atomic E-state index is 13.2. The number of rotatable bonds is 6. The Balaban J connectivity index is 1.07. The minimum absolute atomic E-state index is 0.119. The highest BCUT2D eigenvalue weighted by atomic mass is 16.5. The highest BCUT2D eigenvalue weighted by Gasteiger charge is 2.46. The highest BCUT2D eigenvalue weighted by Crippen LogP contribution is 2.44. The molecule has 9 heteroatoms. The van der Waals surface area contributed by atoms with E-state index in [4.69, 9.17) is 9.47 Å². The number of fused-ring (bicyclic) bond motifs is 1. The number of nitrogens with zero attached hydrogens (tertiary/aromatic N) is 3. The van der Waals surface area contributed by atoms with Crippen LogP contribution in [0, 0.1) is 5.41 Å². The molecule has 3 saturated heterocycles. The minimum Gasteiger partial charge on any atom is -0.496 e. The summed E-state index contributed by atoms with van der Waals surface area (Å²) in [6, 6.07) is 11.4. The fraction of sp³-hybridized carbons (Fsp3) is 0.483. The van der Waals surface area contributed by atoms with Crippen molar-refractivity contribution in [2.24, 2.45) is 5.41 Å². The number of amides is 3. The van der Waals surface area contributed by atoms with E-state index in [2.05, 4.69) is 21.2 Å². The van der Waals surface area contributed by atoms with Crippen molar-refractivity contribution in [3.8, 4) is 11.5 Å². The molecule has 200 valence electrons. The summed E-state index contributed by atoms with van der Waals surface area (Å²) in [5, 5.41) is 2.37. The second kappa shape index (κ2) is 9.62. The fourth-order valence-corrected chi connectivity index (χ4v) is 6.49. The summed E-state index contributed by atoms with van der Waals surface area (Å²) in [4.78, 5) is 43.5. The van der Waals surface area contributed by atoms with Crippen molar-refractivity contribution < 1.29 is 23.9 Å². The van der Waals surface area contributed by atoms with Crippen molar-refractivity contribution in [2.45, 2.75) is 44.8 Å². The number of imide groups is 1. The van der Waals surface area contributed by atoms with E-state index in [1.54, 1.807) is 19.1 Å².